The van der Waals surface area contributed by atoms with Gasteiger partial charge in [-0.1, -0.05) is 20.8 Å². The first-order valence-electron chi connectivity index (χ1n) is 7.10. The Labute approximate surface area is 111 Å². The molecule has 0 bridgehead atoms. The molecule has 1 amide bonds. The van der Waals surface area contributed by atoms with Crippen molar-refractivity contribution < 1.29 is 4.79 Å². The Morgan fingerprint density at radius 2 is 1.67 bits per heavy atom. The van der Waals surface area contributed by atoms with Gasteiger partial charge in [-0.25, -0.2) is 0 Å². The number of nitrogens with zero attached hydrogens (tertiary/aromatic N) is 3. The minimum Gasteiger partial charge on any atom is -0.340 e. The standard InChI is InChI=1S/C14H25N3O/c1-4-12(5-2)14(18)17-9-7-16(8-10-17)13(6-3)11-15/h12-13H,4-10H2,1-3H3. The summed E-state index contributed by atoms with van der Waals surface area (Å²) in [6.45, 7) is 9.39. The molecular weight excluding hydrogens is 226 g/mol. The third-order valence-corrected chi connectivity index (χ3v) is 3.94. The quantitative estimate of drug-likeness (QED) is 0.749. The molecule has 102 valence electrons. The van der Waals surface area contributed by atoms with Crippen molar-refractivity contribution in [1.82, 2.24) is 9.80 Å². The Morgan fingerprint density at radius 3 is 2.06 bits per heavy atom. The zero-order valence-corrected chi connectivity index (χ0v) is 11.9. The number of carbonyl (C=O) groups is 1. The number of amides is 1. The van der Waals surface area contributed by atoms with E-state index < -0.39 is 0 Å². The van der Waals surface area contributed by atoms with Gasteiger partial charge in [0.2, 0.25) is 5.91 Å². The molecule has 1 heterocycles. The van der Waals surface area contributed by atoms with Gasteiger partial charge in [0, 0.05) is 32.1 Å². The molecular formula is C14H25N3O. The predicted molar refractivity (Wildman–Crippen MR) is 71.9 cm³/mol. The second-order valence-corrected chi connectivity index (χ2v) is 4.93. The SMILES string of the molecule is CCC(CC)C(=O)N1CCN(C(C#N)CC)CC1. The van der Waals surface area contributed by atoms with E-state index in [-0.39, 0.29) is 12.0 Å². The molecule has 1 saturated heterocycles. The van der Waals surface area contributed by atoms with Crippen molar-refractivity contribution in [3.63, 3.8) is 0 Å². The Morgan fingerprint density at radius 1 is 1.11 bits per heavy atom. The van der Waals surface area contributed by atoms with Crippen LogP contribution in [-0.2, 0) is 4.79 Å². The molecule has 18 heavy (non-hydrogen) atoms. The first-order valence-corrected chi connectivity index (χ1v) is 7.10. The molecule has 0 saturated carbocycles. The van der Waals surface area contributed by atoms with E-state index in [0.29, 0.717) is 5.91 Å². The van der Waals surface area contributed by atoms with Gasteiger partial charge in [0.1, 0.15) is 0 Å². The lowest BCUT2D eigenvalue weighted by Gasteiger charge is -2.37. The number of carbonyl (C=O) groups excluding carboxylic acids is 1. The van der Waals surface area contributed by atoms with Gasteiger partial charge in [0.15, 0.2) is 0 Å². The van der Waals surface area contributed by atoms with Crippen LogP contribution in [0.25, 0.3) is 0 Å². The summed E-state index contributed by atoms with van der Waals surface area (Å²) in [5.41, 5.74) is 0. The van der Waals surface area contributed by atoms with E-state index in [1.807, 2.05) is 11.8 Å². The van der Waals surface area contributed by atoms with Crippen LogP contribution in [0.15, 0.2) is 0 Å². The second-order valence-electron chi connectivity index (χ2n) is 4.93. The zero-order chi connectivity index (χ0) is 13.5. The van der Waals surface area contributed by atoms with Gasteiger partial charge < -0.3 is 4.90 Å². The number of hydrogen-bond donors (Lipinski definition) is 0. The minimum atomic E-state index is 0.00963. The maximum Gasteiger partial charge on any atom is 0.225 e. The van der Waals surface area contributed by atoms with Gasteiger partial charge in [-0.05, 0) is 19.3 Å². The Balaban J connectivity index is 2.49. The molecule has 1 atom stereocenters. The molecule has 0 radical (unpaired) electrons. The van der Waals surface area contributed by atoms with E-state index in [0.717, 1.165) is 45.4 Å². The molecule has 1 rings (SSSR count). The first kappa shape index (κ1) is 15.0. The third kappa shape index (κ3) is 3.46. The average Bonchev–Trinajstić information content (AvgIpc) is 2.42. The lowest BCUT2D eigenvalue weighted by molar-refractivity contribution is -0.137. The highest BCUT2D eigenvalue weighted by Gasteiger charge is 2.27. The van der Waals surface area contributed by atoms with Crippen LogP contribution in [0.5, 0.6) is 0 Å². The molecule has 0 spiro atoms. The van der Waals surface area contributed by atoms with Gasteiger partial charge in [-0.2, -0.15) is 5.26 Å². The minimum absolute atomic E-state index is 0.00963. The molecule has 4 heteroatoms. The largest absolute Gasteiger partial charge is 0.340 e. The molecule has 4 nitrogen and oxygen atoms in total. The fourth-order valence-electron chi connectivity index (χ4n) is 2.58. The third-order valence-electron chi connectivity index (χ3n) is 3.94. The first-order chi connectivity index (χ1) is 8.67. The van der Waals surface area contributed by atoms with Crippen LogP contribution in [0.1, 0.15) is 40.0 Å². The van der Waals surface area contributed by atoms with Crippen molar-refractivity contribution in [2.75, 3.05) is 26.2 Å². The van der Waals surface area contributed by atoms with Gasteiger partial charge in [0.05, 0.1) is 12.1 Å². The number of nitriles is 1. The van der Waals surface area contributed by atoms with Crippen molar-refractivity contribution in [1.29, 1.82) is 5.26 Å². The molecule has 0 aliphatic carbocycles. The molecule has 1 aliphatic heterocycles. The smallest absolute Gasteiger partial charge is 0.225 e. The van der Waals surface area contributed by atoms with Crippen LogP contribution < -0.4 is 0 Å². The van der Waals surface area contributed by atoms with Crippen LogP contribution >= 0.6 is 0 Å². The Hall–Kier alpha value is -1.08. The van der Waals surface area contributed by atoms with Crippen LogP contribution in [0.2, 0.25) is 0 Å². The van der Waals surface area contributed by atoms with Crippen LogP contribution in [-0.4, -0.2) is 47.9 Å². The number of hydrogen-bond acceptors (Lipinski definition) is 3. The van der Waals surface area contributed by atoms with E-state index in [2.05, 4.69) is 24.8 Å². The van der Waals surface area contributed by atoms with Crippen LogP contribution in [0, 0.1) is 17.2 Å². The molecule has 0 N–H and O–H groups in total. The normalized spacial score (nSPS) is 18.7. The van der Waals surface area contributed by atoms with Crippen LogP contribution in [0.4, 0.5) is 0 Å². The van der Waals surface area contributed by atoms with Crippen molar-refractivity contribution >= 4 is 5.91 Å². The van der Waals surface area contributed by atoms with Gasteiger partial charge in [-0.15, -0.1) is 0 Å². The van der Waals surface area contributed by atoms with E-state index >= 15 is 0 Å². The summed E-state index contributed by atoms with van der Waals surface area (Å²) in [6, 6.07) is 2.34. The van der Waals surface area contributed by atoms with Crippen LogP contribution in [0.3, 0.4) is 0 Å². The summed E-state index contributed by atoms with van der Waals surface area (Å²) in [5, 5.41) is 9.05. The Bertz CT molecular complexity index is 299. The average molecular weight is 251 g/mol. The van der Waals surface area contributed by atoms with Crippen molar-refractivity contribution in [2.45, 2.75) is 46.1 Å². The lowest BCUT2D eigenvalue weighted by atomic mass is 10.0. The maximum absolute atomic E-state index is 12.2. The monoisotopic (exact) mass is 251 g/mol. The predicted octanol–water partition coefficient (Wildman–Crippen LogP) is 1.87. The topological polar surface area (TPSA) is 47.3 Å². The second kappa shape index (κ2) is 7.38. The molecule has 0 aromatic heterocycles. The molecule has 1 unspecified atom stereocenters. The van der Waals surface area contributed by atoms with Crippen molar-refractivity contribution in [3.8, 4) is 6.07 Å². The fraction of sp³-hybridized carbons (Fsp3) is 0.857. The molecule has 0 aromatic carbocycles. The van der Waals surface area contributed by atoms with Gasteiger partial charge in [-0.3, -0.25) is 9.69 Å². The van der Waals surface area contributed by atoms with Crippen molar-refractivity contribution in [3.05, 3.63) is 0 Å². The van der Waals surface area contributed by atoms with Gasteiger partial charge in [0.25, 0.3) is 0 Å². The van der Waals surface area contributed by atoms with E-state index in [1.54, 1.807) is 0 Å². The molecule has 1 aliphatic rings. The maximum atomic E-state index is 12.2. The van der Waals surface area contributed by atoms with E-state index in [4.69, 9.17) is 5.26 Å². The summed E-state index contributed by atoms with van der Waals surface area (Å²) in [7, 11) is 0. The van der Waals surface area contributed by atoms with Crippen molar-refractivity contribution in [2.24, 2.45) is 5.92 Å². The molecule has 1 fully saturated rings. The molecule has 0 aromatic rings. The summed E-state index contributed by atoms with van der Waals surface area (Å²) in [6.07, 6.45) is 2.70. The lowest BCUT2D eigenvalue weighted by Crippen LogP contribution is -2.52. The highest BCUT2D eigenvalue weighted by molar-refractivity contribution is 5.78. The number of piperazine rings is 1. The zero-order valence-electron chi connectivity index (χ0n) is 11.9. The summed E-state index contributed by atoms with van der Waals surface area (Å²) in [4.78, 5) is 16.4. The van der Waals surface area contributed by atoms with E-state index in [9.17, 15) is 4.79 Å². The highest BCUT2D eigenvalue weighted by Crippen LogP contribution is 2.15. The Kier molecular flexibility index (Phi) is 6.14. The fourth-order valence-corrected chi connectivity index (χ4v) is 2.58. The number of rotatable bonds is 5. The van der Waals surface area contributed by atoms with Gasteiger partial charge >= 0.3 is 0 Å². The highest BCUT2D eigenvalue weighted by atomic mass is 16.2. The van der Waals surface area contributed by atoms with E-state index in [1.165, 1.54) is 0 Å². The summed E-state index contributed by atoms with van der Waals surface area (Å²) in [5.74, 6) is 0.471. The summed E-state index contributed by atoms with van der Waals surface area (Å²) >= 11 is 0. The summed E-state index contributed by atoms with van der Waals surface area (Å²) < 4.78 is 0.